The molecule has 0 aliphatic carbocycles. The molecule has 13 heavy (non-hydrogen) atoms. The van der Waals surface area contributed by atoms with Crippen molar-refractivity contribution in [2.45, 2.75) is 58.8 Å². The van der Waals surface area contributed by atoms with Crippen molar-refractivity contribution in [3.8, 4) is 0 Å². The van der Waals surface area contributed by atoms with E-state index < -0.39 is 0 Å². The van der Waals surface area contributed by atoms with Crippen LogP contribution in [0, 0.1) is 12.3 Å². The summed E-state index contributed by atoms with van der Waals surface area (Å²) in [6.07, 6.45) is 13.7. The van der Waals surface area contributed by atoms with Gasteiger partial charge in [-0.05, 0) is 25.2 Å². The third kappa shape index (κ3) is 9.66. The summed E-state index contributed by atoms with van der Waals surface area (Å²) < 4.78 is 0. The fourth-order valence-corrected chi connectivity index (χ4v) is 1.49. The van der Waals surface area contributed by atoms with Gasteiger partial charge in [-0.2, -0.15) is 0 Å². The Morgan fingerprint density at radius 2 is 2.00 bits per heavy atom. The molecule has 1 unspecified atom stereocenters. The Labute approximate surface area is 84.4 Å². The van der Waals surface area contributed by atoms with Crippen molar-refractivity contribution in [1.82, 2.24) is 0 Å². The highest BCUT2D eigenvalue weighted by atomic mass is 14.0. The Balaban J connectivity index is 3.01. The smallest absolute Gasteiger partial charge is 0.0328 e. The molecule has 0 heterocycles. The van der Waals surface area contributed by atoms with Gasteiger partial charge in [0.15, 0.2) is 0 Å². The third-order valence-electron chi connectivity index (χ3n) is 2.44. The Morgan fingerprint density at radius 3 is 2.62 bits per heavy atom. The predicted molar refractivity (Wildman–Crippen MR) is 61.7 cm³/mol. The van der Waals surface area contributed by atoms with Crippen molar-refractivity contribution in [3.05, 3.63) is 19.1 Å². The molecular formula is C13H25. The lowest BCUT2D eigenvalue weighted by Gasteiger charge is -2.07. The molecule has 0 spiro atoms. The van der Waals surface area contributed by atoms with Crippen LogP contribution in [0.5, 0.6) is 0 Å². The molecule has 0 heteroatoms. The van der Waals surface area contributed by atoms with E-state index >= 15 is 0 Å². The van der Waals surface area contributed by atoms with Crippen LogP contribution < -0.4 is 0 Å². The monoisotopic (exact) mass is 181 g/mol. The fourth-order valence-electron chi connectivity index (χ4n) is 1.49. The van der Waals surface area contributed by atoms with Gasteiger partial charge in [-0.3, -0.25) is 0 Å². The lowest BCUT2D eigenvalue weighted by Crippen LogP contribution is -1.92. The molecule has 1 radical (unpaired) electrons. The van der Waals surface area contributed by atoms with Crippen molar-refractivity contribution >= 4 is 0 Å². The molecule has 0 saturated carbocycles. The van der Waals surface area contributed by atoms with Crippen molar-refractivity contribution in [2.75, 3.05) is 0 Å². The first-order valence-electron chi connectivity index (χ1n) is 5.73. The summed E-state index contributed by atoms with van der Waals surface area (Å²) in [7, 11) is 0. The van der Waals surface area contributed by atoms with Gasteiger partial charge in [-0.15, -0.1) is 6.58 Å². The second kappa shape index (κ2) is 9.83. The SMILES string of the molecule is C=CCC(C)CC[CH]CCCCC. The van der Waals surface area contributed by atoms with E-state index in [0.29, 0.717) is 0 Å². The zero-order valence-corrected chi connectivity index (χ0v) is 9.39. The molecule has 0 rings (SSSR count). The second-order valence-corrected chi connectivity index (χ2v) is 3.99. The summed E-state index contributed by atoms with van der Waals surface area (Å²) in [4.78, 5) is 0. The van der Waals surface area contributed by atoms with Gasteiger partial charge in [0.25, 0.3) is 0 Å². The minimum absolute atomic E-state index is 0.819. The van der Waals surface area contributed by atoms with Gasteiger partial charge in [0.05, 0.1) is 0 Å². The van der Waals surface area contributed by atoms with E-state index in [1.165, 1.54) is 44.9 Å². The largest absolute Gasteiger partial charge is 0.103 e. The van der Waals surface area contributed by atoms with Crippen LogP contribution in [0.3, 0.4) is 0 Å². The molecule has 0 aromatic rings. The van der Waals surface area contributed by atoms with E-state index in [0.717, 1.165) is 5.92 Å². The number of hydrogen-bond acceptors (Lipinski definition) is 0. The van der Waals surface area contributed by atoms with Crippen LogP contribution in [0.15, 0.2) is 12.7 Å². The Morgan fingerprint density at radius 1 is 1.23 bits per heavy atom. The maximum Gasteiger partial charge on any atom is -0.0328 e. The molecule has 0 aliphatic heterocycles. The molecule has 0 saturated heterocycles. The summed E-state index contributed by atoms with van der Waals surface area (Å²) >= 11 is 0. The maximum absolute atomic E-state index is 3.76. The molecule has 0 nitrogen and oxygen atoms in total. The van der Waals surface area contributed by atoms with Crippen LogP contribution in [0.25, 0.3) is 0 Å². The molecule has 0 bridgehead atoms. The summed E-state index contributed by atoms with van der Waals surface area (Å²) in [6.45, 7) is 8.32. The molecule has 0 amide bonds. The summed E-state index contributed by atoms with van der Waals surface area (Å²) in [5.41, 5.74) is 0. The van der Waals surface area contributed by atoms with Gasteiger partial charge >= 0.3 is 0 Å². The van der Waals surface area contributed by atoms with Crippen molar-refractivity contribution in [1.29, 1.82) is 0 Å². The average Bonchev–Trinajstić information content (AvgIpc) is 2.11. The number of hydrogen-bond donors (Lipinski definition) is 0. The molecule has 0 fully saturated rings. The molecule has 77 valence electrons. The van der Waals surface area contributed by atoms with Gasteiger partial charge in [0.2, 0.25) is 0 Å². The van der Waals surface area contributed by atoms with Crippen LogP contribution in [-0.2, 0) is 0 Å². The first-order chi connectivity index (χ1) is 6.31. The van der Waals surface area contributed by atoms with Crippen molar-refractivity contribution in [3.63, 3.8) is 0 Å². The highest BCUT2D eigenvalue weighted by Gasteiger charge is 1.98. The van der Waals surface area contributed by atoms with Gasteiger partial charge in [-0.25, -0.2) is 0 Å². The first kappa shape index (κ1) is 12.7. The molecule has 0 aromatic heterocycles. The van der Waals surface area contributed by atoms with E-state index in [1.54, 1.807) is 0 Å². The van der Waals surface area contributed by atoms with E-state index in [2.05, 4.69) is 26.8 Å². The Bertz CT molecular complexity index is 105. The summed E-state index contributed by atoms with van der Waals surface area (Å²) in [6, 6.07) is 0. The highest BCUT2D eigenvalue weighted by molar-refractivity contribution is 4.73. The zero-order chi connectivity index (χ0) is 9.94. The standard InChI is InChI=1S/C13H25/c1-4-6-7-8-9-10-12-13(3)11-5-2/h5,9,13H,2,4,6-8,10-12H2,1,3H3. The van der Waals surface area contributed by atoms with E-state index in [1.807, 2.05) is 6.08 Å². The second-order valence-electron chi connectivity index (χ2n) is 3.99. The van der Waals surface area contributed by atoms with Gasteiger partial charge in [0.1, 0.15) is 0 Å². The van der Waals surface area contributed by atoms with Gasteiger partial charge in [0, 0.05) is 0 Å². The first-order valence-corrected chi connectivity index (χ1v) is 5.73. The van der Waals surface area contributed by atoms with E-state index in [4.69, 9.17) is 0 Å². The highest BCUT2D eigenvalue weighted by Crippen LogP contribution is 2.13. The molecular weight excluding hydrogens is 156 g/mol. The number of allylic oxidation sites excluding steroid dienone is 1. The normalized spacial score (nSPS) is 12.8. The summed E-state index contributed by atoms with van der Waals surface area (Å²) in [5, 5.41) is 0. The molecule has 0 N–H and O–H groups in total. The minimum atomic E-state index is 0.819. The molecule has 1 atom stereocenters. The lowest BCUT2D eigenvalue weighted by molar-refractivity contribution is 0.528. The van der Waals surface area contributed by atoms with Crippen molar-refractivity contribution in [2.24, 2.45) is 5.92 Å². The average molecular weight is 181 g/mol. The Kier molecular flexibility index (Phi) is 9.63. The minimum Gasteiger partial charge on any atom is -0.103 e. The van der Waals surface area contributed by atoms with Crippen LogP contribution in [0.4, 0.5) is 0 Å². The topological polar surface area (TPSA) is 0 Å². The third-order valence-corrected chi connectivity index (χ3v) is 2.44. The van der Waals surface area contributed by atoms with Crippen LogP contribution in [0.1, 0.15) is 58.8 Å². The van der Waals surface area contributed by atoms with Crippen molar-refractivity contribution < 1.29 is 0 Å². The van der Waals surface area contributed by atoms with E-state index in [-0.39, 0.29) is 0 Å². The van der Waals surface area contributed by atoms with Crippen LogP contribution >= 0.6 is 0 Å². The quantitative estimate of drug-likeness (QED) is 0.355. The predicted octanol–water partition coefficient (Wildman–Crippen LogP) is 4.76. The fraction of sp³-hybridized carbons (Fsp3) is 0.769. The van der Waals surface area contributed by atoms with Gasteiger partial charge < -0.3 is 0 Å². The maximum atomic E-state index is 3.76. The zero-order valence-electron chi connectivity index (χ0n) is 9.39. The Hall–Kier alpha value is -0.260. The molecule has 0 aromatic carbocycles. The molecule has 0 aliphatic rings. The summed E-state index contributed by atoms with van der Waals surface area (Å²) in [5.74, 6) is 0.819. The lowest BCUT2D eigenvalue weighted by atomic mass is 9.99. The van der Waals surface area contributed by atoms with Crippen LogP contribution in [-0.4, -0.2) is 0 Å². The number of rotatable bonds is 9. The van der Waals surface area contributed by atoms with Crippen LogP contribution in [0.2, 0.25) is 0 Å². The van der Waals surface area contributed by atoms with Gasteiger partial charge in [-0.1, -0.05) is 52.0 Å². The van der Waals surface area contributed by atoms with E-state index in [9.17, 15) is 0 Å². The number of unbranched alkanes of at least 4 members (excludes halogenated alkanes) is 5.